The predicted molar refractivity (Wildman–Crippen MR) is 108 cm³/mol. The van der Waals surface area contributed by atoms with Crippen LogP contribution in [0.4, 0.5) is 35.9 Å². The molecule has 1 aliphatic heterocycles. The van der Waals surface area contributed by atoms with Gasteiger partial charge in [0.25, 0.3) is 5.69 Å². The van der Waals surface area contributed by atoms with Crippen LogP contribution in [0.15, 0.2) is 42.5 Å². The van der Waals surface area contributed by atoms with E-state index in [-0.39, 0.29) is 24.6 Å². The summed E-state index contributed by atoms with van der Waals surface area (Å²) in [6, 6.07) is 8.97. The molecule has 2 aromatic carbocycles. The minimum atomic E-state index is -4.70. The van der Waals surface area contributed by atoms with Crippen LogP contribution in [0.2, 0.25) is 0 Å². The van der Waals surface area contributed by atoms with E-state index >= 15 is 0 Å². The Bertz CT molecular complexity index is 1010. The molecule has 0 saturated carbocycles. The van der Waals surface area contributed by atoms with Gasteiger partial charge in [-0.15, -0.1) is 0 Å². The maximum Gasteiger partial charge on any atom is 0.416 e. The number of rotatable bonds is 7. The first-order valence-corrected chi connectivity index (χ1v) is 9.45. The summed E-state index contributed by atoms with van der Waals surface area (Å²) in [5.74, 6) is -0.377. The molecule has 0 aromatic heterocycles. The average Bonchev–Trinajstić information content (AvgIpc) is 3.13. The Balaban J connectivity index is 1.58. The largest absolute Gasteiger partial charge is 0.416 e. The van der Waals surface area contributed by atoms with Crippen LogP contribution in [-0.4, -0.2) is 29.8 Å². The van der Waals surface area contributed by atoms with Crippen molar-refractivity contribution in [2.45, 2.75) is 25.4 Å². The van der Waals surface area contributed by atoms with Gasteiger partial charge in [-0.25, -0.2) is 0 Å². The Kier molecular flexibility index (Phi) is 6.42. The molecule has 2 N–H and O–H groups in total. The van der Waals surface area contributed by atoms with Crippen LogP contribution in [0, 0.1) is 10.1 Å². The fourth-order valence-electron chi connectivity index (χ4n) is 3.22. The number of nitro benzene ring substituents is 1. The molecule has 0 bridgehead atoms. The molecule has 1 fully saturated rings. The second kappa shape index (κ2) is 9.02. The molecule has 0 spiro atoms. The number of hydrogen-bond acceptors (Lipinski definition) is 5. The van der Waals surface area contributed by atoms with Crippen molar-refractivity contribution >= 4 is 34.6 Å². The van der Waals surface area contributed by atoms with Gasteiger partial charge in [0, 0.05) is 43.4 Å². The lowest BCUT2D eigenvalue weighted by Crippen LogP contribution is -2.24. The second-order valence-corrected chi connectivity index (χ2v) is 6.91. The van der Waals surface area contributed by atoms with Crippen molar-refractivity contribution in [1.29, 1.82) is 0 Å². The first-order chi connectivity index (χ1) is 14.6. The summed E-state index contributed by atoms with van der Waals surface area (Å²) < 4.78 is 38.3. The number of amides is 2. The molecule has 31 heavy (non-hydrogen) atoms. The Morgan fingerprint density at radius 3 is 2.61 bits per heavy atom. The lowest BCUT2D eigenvalue weighted by atomic mass is 10.1. The molecule has 2 amide bonds. The summed E-state index contributed by atoms with van der Waals surface area (Å²) in [6.45, 7) is 0.592. The molecule has 1 aliphatic rings. The van der Waals surface area contributed by atoms with Gasteiger partial charge >= 0.3 is 6.18 Å². The summed E-state index contributed by atoms with van der Waals surface area (Å²) in [7, 11) is 0. The third-order valence-electron chi connectivity index (χ3n) is 4.70. The van der Waals surface area contributed by atoms with E-state index in [9.17, 15) is 32.9 Å². The molecule has 1 heterocycles. The molecule has 0 aliphatic carbocycles. The van der Waals surface area contributed by atoms with E-state index in [0.29, 0.717) is 30.4 Å². The Morgan fingerprint density at radius 2 is 1.97 bits per heavy atom. The SMILES string of the molecule is O=C(CCNc1ccc(C(F)(F)F)cc1[N+](=O)[O-])Nc1cccc(N2CCCC2=O)c1. The van der Waals surface area contributed by atoms with Gasteiger partial charge in [-0.3, -0.25) is 19.7 Å². The minimum absolute atomic E-state index is 0.0193. The van der Waals surface area contributed by atoms with E-state index in [1.54, 1.807) is 29.2 Å². The highest BCUT2D eigenvalue weighted by molar-refractivity contribution is 5.97. The van der Waals surface area contributed by atoms with Gasteiger partial charge in [-0.05, 0) is 36.8 Å². The van der Waals surface area contributed by atoms with Gasteiger partial charge in [0.2, 0.25) is 11.8 Å². The standard InChI is InChI=1S/C20H19F3N4O4/c21-20(22,23)13-6-7-16(17(11-13)27(30)31)24-9-8-18(28)25-14-3-1-4-15(12-14)26-10-2-5-19(26)29/h1,3-4,6-7,11-12,24H,2,5,8-10H2,(H,25,28). The number of anilines is 3. The van der Waals surface area contributed by atoms with E-state index in [1.807, 2.05) is 0 Å². The molecule has 8 nitrogen and oxygen atoms in total. The van der Waals surface area contributed by atoms with Gasteiger partial charge < -0.3 is 15.5 Å². The zero-order valence-electron chi connectivity index (χ0n) is 16.2. The van der Waals surface area contributed by atoms with Crippen LogP contribution in [-0.2, 0) is 15.8 Å². The lowest BCUT2D eigenvalue weighted by molar-refractivity contribution is -0.384. The van der Waals surface area contributed by atoms with E-state index in [1.165, 1.54) is 0 Å². The molecule has 0 radical (unpaired) electrons. The van der Waals surface area contributed by atoms with Crippen molar-refractivity contribution < 1.29 is 27.7 Å². The molecular weight excluding hydrogens is 417 g/mol. The normalized spacial score (nSPS) is 13.9. The van der Waals surface area contributed by atoms with Crippen molar-refractivity contribution in [2.24, 2.45) is 0 Å². The summed E-state index contributed by atoms with van der Waals surface area (Å²) in [4.78, 5) is 35.9. The van der Waals surface area contributed by atoms with E-state index in [2.05, 4.69) is 10.6 Å². The van der Waals surface area contributed by atoms with Gasteiger partial charge in [0.15, 0.2) is 0 Å². The first kappa shape index (κ1) is 22.1. The van der Waals surface area contributed by atoms with E-state index in [4.69, 9.17) is 0 Å². The number of nitrogens with zero attached hydrogens (tertiary/aromatic N) is 2. The monoisotopic (exact) mass is 436 g/mol. The molecule has 1 saturated heterocycles. The minimum Gasteiger partial charge on any atom is -0.379 e. The number of benzene rings is 2. The van der Waals surface area contributed by atoms with Gasteiger partial charge in [-0.2, -0.15) is 13.2 Å². The Morgan fingerprint density at radius 1 is 1.19 bits per heavy atom. The number of carbonyl (C=O) groups is 2. The number of carbonyl (C=O) groups excluding carboxylic acids is 2. The molecule has 164 valence electrons. The van der Waals surface area contributed by atoms with E-state index in [0.717, 1.165) is 18.6 Å². The maximum absolute atomic E-state index is 12.8. The van der Waals surface area contributed by atoms with Crippen molar-refractivity contribution in [3.63, 3.8) is 0 Å². The third-order valence-corrected chi connectivity index (χ3v) is 4.70. The van der Waals surface area contributed by atoms with Gasteiger partial charge in [0.1, 0.15) is 5.69 Å². The molecule has 0 atom stereocenters. The molecule has 0 unspecified atom stereocenters. The zero-order chi connectivity index (χ0) is 22.6. The highest BCUT2D eigenvalue weighted by atomic mass is 19.4. The van der Waals surface area contributed by atoms with E-state index < -0.39 is 28.3 Å². The first-order valence-electron chi connectivity index (χ1n) is 9.45. The highest BCUT2D eigenvalue weighted by Crippen LogP contribution is 2.35. The van der Waals surface area contributed by atoms with Crippen LogP contribution < -0.4 is 15.5 Å². The lowest BCUT2D eigenvalue weighted by Gasteiger charge is -2.17. The van der Waals surface area contributed by atoms with Crippen molar-refractivity contribution in [3.05, 3.63) is 58.1 Å². The van der Waals surface area contributed by atoms with Gasteiger partial charge in [-0.1, -0.05) is 6.07 Å². The van der Waals surface area contributed by atoms with Crippen LogP contribution >= 0.6 is 0 Å². The summed E-state index contributed by atoms with van der Waals surface area (Å²) in [6.07, 6.45) is -3.52. The smallest absolute Gasteiger partial charge is 0.379 e. The molecule has 2 aromatic rings. The predicted octanol–water partition coefficient (Wildman–Crippen LogP) is 4.18. The molecule has 11 heteroatoms. The summed E-state index contributed by atoms with van der Waals surface area (Å²) >= 11 is 0. The van der Waals surface area contributed by atoms with Crippen molar-refractivity contribution in [2.75, 3.05) is 28.6 Å². The number of hydrogen-bond donors (Lipinski definition) is 2. The number of halogens is 3. The topological polar surface area (TPSA) is 105 Å². The van der Waals surface area contributed by atoms with Gasteiger partial charge in [0.05, 0.1) is 10.5 Å². The number of alkyl halides is 3. The van der Waals surface area contributed by atoms with Crippen LogP contribution in [0.3, 0.4) is 0 Å². The van der Waals surface area contributed by atoms with Crippen LogP contribution in [0.25, 0.3) is 0 Å². The highest BCUT2D eigenvalue weighted by Gasteiger charge is 2.33. The third kappa shape index (κ3) is 5.50. The van der Waals surface area contributed by atoms with Crippen LogP contribution in [0.1, 0.15) is 24.8 Å². The molecular formula is C20H19F3N4O4. The number of nitro groups is 1. The second-order valence-electron chi connectivity index (χ2n) is 6.91. The molecule has 3 rings (SSSR count). The summed E-state index contributed by atoms with van der Waals surface area (Å²) in [5.41, 5.74) is -0.793. The average molecular weight is 436 g/mol. The van der Waals surface area contributed by atoms with Crippen molar-refractivity contribution in [1.82, 2.24) is 0 Å². The number of nitrogens with one attached hydrogen (secondary N) is 2. The Labute approximate surface area is 175 Å². The fourth-order valence-corrected chi connectivity index (χ4v) is 3.22. The fraction of sp³-hybridized carbons (Fsp3) is 0.300. The van der Waals surface area contributed by atoms with Crippen molar-refractivity contribution in [3.8, 4) is 0 Å². The quantitative estimate of drug-likeness (QED) is 0.501. The Hall–Kier alpha value is -3.63. The van der Waals surface area contributed by atoms with Crippen LogP contribution in [0.5, 0.6) is 0 Å². The zero-order valence-corrected chi connectivity index (χ0v) is 16.2. The summed E-state index contributed by atoms with van der Waals surface area (Å²) in [5, 5.41) is 16.4. The maximum atomic E-state index is 12.8.